The Bertz CT molecular complexity index is 702. The Labute approximate surface area is 162 Å². The van der Waals surface area contributed by atoms with Crippen LogP contribution in [-0.2, 0) is 11.3 Å². The minimum absolute atomic E-state index is 0.0135. The van der Waals surface area contributed by atoms with E-state index in [-0.39, 0.29) is 25.4 Å². The average molecular weight is 397 g/mol. The van der Waals surface area contributed by atoms with E-state index in [1.54, 1.807) is 29.2 Å². The van der Waals surface area contributed by atoms with Gasteiger partial charge in [0.05, 0.1) is 5.92 Å². The van der Waals surface area contributed by atoms with Gasteiger partial charge in [-0.25, -0.2) is 4.79 Å². The third kappa shape index (κ3) is 5.17. The third-order valence-corrected chi connectivity index (χ3v) is 5.56. The van der Waals surface area contributed by atoms with E-state index in [2.05, 4.69) is 10.6 Å². The number of hydrogen-bond donors (Lipinski definition) is 2. The fourth-order valence-electron chi connectivity index (χ4n) is 4.04. The van der Waals surface area contributed by atoms with Crippen molar-refractivity contribution in [2.75, 3.05) is 18.4 Å². The number of anilines is 1. The van der Waals surface area contributed by atoms with Crippen LogP contribution in [0.1, 0.15) is 44.1 Å². The molecule has 28 heavy (non-hydrogen) atoms. The van der Waals surface area contributed by atoms with Gasteiger partial charge in [-0.15, -0.1) is 0 Å². The minimum atomic E-state index is -4.35. The van der Waals surface area contributed by atoms with Crippen molar-refractivity contribution in [3.05, 3.63) is 29.8 Å². The van der Waals surface area contributed by atoms with Gasteiger partial charge < -0.3 is 15.5 Å². The maximum Gasteiger partial charge on any atom is 0.392 e. The fraction of sp³-hybridized carbons (Fsp3) is 0.600. The number of rotatable bonds is 4. The molecular formula is C20H26F3N3O2. The lowest BCUT2D eigenvalue weighted by Gasteiger charge is -2.32. The number of likely N-dealkylation sites (tertiary alicyclic amines) is 1. The van der Waals surface area contributed by atoms with Crippen molar-refractivity contribution in [3.63, 3.8) is 0 Å². The average Bonchev–Trinajstić information content (AvgIpc) is 3.21. The molecule has 8 heteroatoms. The highest BCUT2D eigenvalue weighted by Gasteiger charge is 2.47. The number of halogens is 3. The Kier molecular flexibility index (Phi) is 6.46. The first-order chi connectivity index (χ1) is 13.3. The summed E-state index contributed by atoms with van der Waals surface area (Å²) in [6, 6.07) is 6.85. The normalized spacial score (nSPS) is 22.8. The highest BCUT2D eigenvalue weighted by molar-refractivity contribution is 5.89. The van der Waals surface area contributed by atoms with E-state index >= 15 is 0 Å². The van der Waals surface area contributed by atoms with Gasteiger partial charge in [0.1, 0.15) is 0 Å². The van der Waals surface area contributed by atoms with Gasteiger partial charge in [-0.1, -0.05) is 25.0 Å². The predicted octanol–water partition coefficient (Wildman–Crippen LogP) is 4.30. The monoisotopic (exact) mass is 397 g/mol. The van der Waals surface area contributed by atoms with Crippen molar-refractivity contribution in [3.8, 4) is 0 Å². The molecule has 154 valence electrons. The van der Waals surface area contributed by atoms with E-state index in [0.717, 1.165) is 31.5 Å². The van der Waals surface area contributed by atoms with Gasteiger partial charge in [-0.05, 0) is 43.4 Å². The number of nitrogens with one attached hydrogen (secondary N) is 2. The molecule has 3 amide bonds. The summed E-state index contributed by atoms with van der Waals surface area (Å²) < 4.78 is 39.6. The minimum Gasteiger partial charge on any atom is -0.352 e. The smallest absolute Gasteiger partial charge is 0.352 e. The molecule has 1 saturated heterocycles. The summed E-state index contributed by atoms with van der Waals surface area (Å²) in [4.78, 5) is 26.3. The number of nitrogens with zero attached hydrogens (tertiary/aromatic N) is 1. The van der Waals surface area contributed by atoms with Gasteiger partial charge in [0.25, 0.3) is 0 Å². The largest absolute Gasteiger partial charge is 0.392 e. The Morgan fingerprint density at radius 2 is 1.79 bits per heavy atom. The molecule has 0 radical (unpaired) electrons. The van der Waals surface area contributed by atoms with Gasteiger partial charge >= 0.3 is 12.2 Å². The Hall–Kier alpha value is -2.25. The van der Waals surface area contributed by atoms with E-state index in [0.29, 0.717) is 18.5 Å². The first kappa shape index (κ1) is 20.5. The molecule has 0 bridgehead atoms. The molecule has 5 nitrogen and oxygen atoms in total. The summed E-state index contributed by atoms with van der Waals surface area (Å²) in [6.45, 7) is 1.61. The molecule has 0 spiro atoms. The molecule has 1 heterocycles. The molecule has 1 aromatic rings. The molecule has 2 aliphatic rings. The summed E-state index contributed by atoms with van der Waals surface area (Å²) in [6.07, 6.45) is -0.918. The molecule has 1 aromatic carbocycles. The number of urea groups is 1. The summed E-state index contributed by atoms with van der Waals surface area (Å²) in [7, 11) is 0. The molecule has 2 fully saturated rings. The molecule has 0 aromatic heterocycles. The van der Waals surface area contributed by atoms with Gasteiger partial charge in [-0.2, -0.15) is 13.2 Å². The number of benzene rings is 1. The van der Waals surface area contributed by atoms with Crippen molar-refractivity contribution in [1.29, 1.82) is 0 Å². The number of amides is 3. The number of carbonyl (C=O) groups excluding carboxylic acids is 2. The van der Waals surface area contributed by atoms with E-state index in [9.17, 15) is 22.8 Å². The molecule has 2 unspecified atom stereocenters. The van der Waals surface area contributed by atoms with Gasteiger partial charge in [0.2, 0.25) is 5.91 Å². The fourth-order valence-corrected chi connectivity index (χ4v) is 4.04. The summed E-state index contributed by atoms with van der Waals surface area (Å²) in [5.74, 6) is -3.13. The maximum absolute atomic E-state index is 13.2. The van der Waals surface area contributed by atoms with Crippen molar-refractivity contribution < 1.29 is 22.8 Å². The van der Waals surface area contributed by atoms with Crippen LogP contribution in [0.5, 0.6) is 0 Å². The zero-order chi connectivity index (χ0) is 20.1. The first-order valence-corrected chi connectivity index (χ1v) is 9.84. The van der Waals surface area contributed by atoms with Crippen LogP contribution >= 0.6 is 0 Å². The molecule has 2 atom stereocenters. The Balaban J connectivity index is 1.56. The molecule has 1 saturated carbocycles. The maximum atomic E-state index is 13.2. The van der Waals surface area contributed by atoms with Crippen molar-refractivity contribution >= 4 is 17.6 Å². The molecular weight excluding hydrogens is 371 g/mol. The van der Waals surface area contributed by atoms with Crippen LogP contribution in [-0.4, -0.2) is 36.1 Å². The van der Waals surface area contributed by atoms with Crippen LogP contribution < -0.4 is 10.6 Å². The second-order valence-electron chi connectivity index (χ2n) is 7.58. The van der Waals surface area contributed by atoms with Crippen LogP contribution in [0.4, 0.5) is 23.7 Å². The van der Waals surface area contributed by atoms with Crippen molar-refractivity contribution in [2.45, 2.75) is 51.2 Å². The van der Waals surface area contributed by atoms with E-state index in [1.165, 1.54) is 0 Å². The van der Waals surface area contributed by atoms with Crippen LogP contribution in [0.3, 0.4) is 0 Å². The van der Waals surface area contributed by atoms with Crippen LogP contribution in [0.25, 0.3) is 0 Å². The van der Waals surface area contributed by atoms with E-state index < -0.39 is 23.9 Å². The van der Waals surface area contributed by atoms with E-state index in [1.807, 2.05) is 0 Å². The van der Waals surface area contributed by atoms with E-state index in [4.69, 9.17) is 0 Å². The van der Waals surface area contributed by atoms with Crippen LogP contribution in [0.15, 0.2) is 24.3 Å². The topological polar surface area (TPSA) is 61.4 Å². The summed E-state index contributed by atoms with van der Waals surface area (Å²) in [5.41, 5.74) is 1.33. The molecule has 2 N–H and O–H groups in total. The molecule has 1 aliphatic heterocycles. The quantitative estimate of drug-likeness (QED) is 0.796. The summed E-state index contributed by atoms with van der Waals surface area (Å²) in [5, 5.41) is 5.47. The van der Waals surface area contributed by atoms with Crippen molar-refractivity contribution in [2.24, 2.45) is 11.8 Å². The highest BCUT2D eigenvalue weighted by Crippen LogP contribution is 2.41. The highest BCUT2D eigenvalue weighted by atomic mass is 19.4. The lowest BCUT2D eigenvalue weighted by atomic mass is 9.78. The SMILES string of the molecule is O=C(NCc1cccc(NC(=O)N2CCCC2)c1)C1CCCCC1C(F)(F)F. The van der Waals surface area contributed by atoms with Gasteiger partial charge in [0, 0.05) is 31.2 Å². The Morgan fingerprint density at radius 3 is 2.50 bits per heavy atom. The second-order valence-corrected chi connectivity index (χ2v) is 7.58. The number of carbonyl (C=O) groups is 2. The number of alkyl halides is 3. The number of hydrogen-bond acceptors (Lipinski definition) is 2. The lowest BCUT2D eigenvalue weighted by Crippen LogP contribution is -2.42. The van der Waals surface area contributed by atoms with Crippen LogP contribution in [0.2, 0.25) is 0 Å². The Morgan fingerprint density at radius 1 is 1.07 bits per heavy atom. The summed E-state index contributed by atoms with van der Waals surface area (Å²) >= 11 is 0. The van der Waals surface area contributed by atoms with Crippen LogP contribution in [0, 0.1) is 11.8 Å². The lowest BCUT2D eigenvalue weighted by molar-refractivity contribution is -0.198. The zero-order valence-electron chi connectivity index (χ0n) is 15.7. The van der Waals surface area contributed by atoms with Gasteiger partial charge in [0.15, 0.2) is 0 Å². The molecule has 1 aliphatic carbocycles. The van der Waals surface area contributed by atoms with Gasteiger partial charge in [-0.3, -0.25) is 4.79 Å². The second kappa shape index (κ2) is 8.84. The molecule has 3 rings (SSSR count). The third-order valence-electron chi connectivity index (χ3n) is 5.56. The van der Waals surface area contributed by atoms with Crippen molar-refractivity contribution in [1.82, 2.24) is 10.2 Å². The first-order valence-electron chi connectivity index (χ1n) is 9.84. The zero-order valence-corrected chi connectivity index (χ0v) is 15.7. The predicted molar refractivity (Wildman–Crippen MR) is 99.6 cm³/mol. The standard InChI is InChI=1S/C20H26F3N3O2/c21-20(22,23)17-9-2-1-8-16(17)18(27)24-13-14-6-5-7-15(12-14)25-19(28)26-10-3-4-11-26/h5-7,12,16-17H,1-4,8-11,13H2,(H,24,27)(H,25,28).